The van der Waals surface area contributed by atoms with Gasteiger partial charge in [-0.2, -0.15) is 5.10 Å². The van der Waals surface area contributed by atoms with Crippen molar-refractivity contribution in [2.24, 2.45) is 5.10 Å². The molecule has 144 valence electrons. The Labute approximate surface area is 165 Å². The first kappa shape index (κ1) is 19.4. The number of rotatable bonds is 8. The Hall–Kier alpha value is -3.34. The predicted molar refractivity (Wildman–Crippen MR) is 112 cm³/mol. The summed E-state index contributed by atoms with van der Waals surface area (Å²) in [5, 5.41) is 6.19. The van der Waals surface area contributed by atoms with E-state index < -0.39 is 0 Å². The van der Waals surface area contributed by atoms with Crippen molar-refractivity contribution in [1.82, 2.24) is 5.43 Å². The molecule has 0 unspecified atom stereocenters. The average Bonchev–Trinajstić information content (AvgIpc) is 2.74. The van der Waals surface area contributed by atoms with E-state index in [1.165, 1.54) is 0 Å². The monoisotopic (exact) mass is 376 g/mol. The molecule has 0 saturated heterocycles. The Morgan fingerprint density at radius 2 is 1.89 bits per heavy atom. The molecule has 1 amide bonds. The second-order valence-electron chi connectivity index (χ2n) is 6.21. The summed E-state index contributed by atoms with van der Waals surface area (Å²) in [5.74, 6) is 1.08. The molecule has 0 aliphatic rings. The number of nitrogens with zero attached hydrogens (tertiary/aromatic N) is 1. The summed E-state index contributed by atoms with van der Waals surface area (Å²) in [6.07, 6.45) is 2.53. The summed E-state index contributed by atoms with van der Waals surface area (Å²) >= 11 is 0. The minimum absolute atomic E-state index is 0.0988. The van der Waals surface area contributed by atoms with Crippen LogP contribution in [0.5, 0.6) is 11.5 Å². The summed E-state index contributed by atoms with van der Waals surface area (Å²) in [5.41, 5.74) is 4.51. The summed E-state index contributed by atoms with van der Waals surface area (Å²) in [7, 11) is 0. The van der Waals surface area contributed by atoms with E-state index in [0.717, 1.165) is 34.1 Å². The van der Waals surface area contributed by atoms with Crippen molar-refractivity contribution in [3.63, 3.8) is 0 Å². The molecular formula is C23H24N2O3. The number of carbonyl (C=O) groups excluding carboxylic acids is 1. The zero-order chi connectivity index (χ0) is 19.8. The lowest BCUT2D eigenvalue weighted by molar-refractivity contribution is -0.123. The number of benzene rings is 3. The van der Waals surface area contributed by atoms with Gasteiger partial charge in [-0.25, -0.2) is 5.43 Å². The molecule has 1 N–H and O–H groups in total. The highest BCUT2D eigenvalue weighted by atomic mass is 16.5. The molecule has 0 aliphatic carbocycles. The van der Waals surface area contributed by atoms with Crippen molar-refractivity contribution >= 4 is 22.9 Å². The van der Waals surface area contributed by atoms with Crippen LogP contribution in [0.15, 0.2) is 65.8 Å². The van der Waals surface area contributed by atoms with E-state index in [4.69, 9.17) is 9.47 Å². The zero-order valence-corrected chi connectivity index (χ0v) is 16.1. The lowest BCUT2D eigenvalue weighted by Crippen LogP contribution is -2.24. The van der Waals surface area contributed by atoms with Gasteiger partial charge in [-0.05, 0) is 47.9 Å². The van der Waals surface area contributed by atoms with Gasteiger partial charge in [0.1, 0.15) is 11.5 Å². The Balaban J connectivity index is 1.66. The van der Waals surface area contributed by atoms with E-state index in [1.54, 1.807) is 6.21 Å². The number of amides is 1. The van der Waals surface area contributed by atoms with Gasteiger partial charge in [-0.15, -0.1) is 0 Å². The van der Waals surface area contributed by atoms with Gasteiger partial charge in [0.15, 0.2) is 6.61 Å². The van der Waals surface area contributed by atoms with E-state index in [1.807, 2.05) is 67.6 Å². The van der Waals surface area contributed by atoms with Crippen molar-refractivity contribution in [1.29, 1.82) is 0 Å². The fourth-order valence-corrected chi connectivity index (χ4v) is 2.90. The molecule has 0 aromatic heterocycles. The highest BCUT2D eigenvalue weighted by molar-refractivity contribution is 6.02. The third-order valence-corrected chi connectivity index (χ3v) is 4.29. The van der Waals surface area contributed by atoms with Crippen LogP contribution >= 0.6 is 0 Å². The molecule has 0 aliphatic heterocycles. The summed E-state index contributed by atoms with van der Waals surface area (Å²) < 4.78 is 11.2. The van der Waals surface area contributed by atoms with E-state index in [2.05, 4.69) is 17.5 Å². The quantitative estimate of drug-likeness (QED) is 0.470. The molecule has 3 aromatic carbocycles. The van der Waals surface area contributed by atoms with Gasteiger partial charge < -0.3 is 9.47 Å². The summed E-state index contributed by atoms with van der Waals surface area (Å²) in [4.78, 5) is 12.1. The number of hydrazone groups is 1. The second kappa shape index (κ2) is 9.55. The van der Waals surface area contributed by atoms with Crippen LogP contribution in [-0.2, 0) is 11.2 Å². The fraction of sp³-hybridized carbons (Fsp3) is 0.217. The van der Waals surface area contributed by atoms with Crippen molar-refractivity contribution < 1.29 is 14.3 Å². The van der Waals surface area contributed by atoms with E-state index in [9.17, 15) is 4.79 Å². The third-order valence-electron chi connectivity index (χ3n) is 4.29. The van der Waals surface area contributed by atoms with Crippen LogP contribution in [0.25, 0.3) is 10.8 Å². The van der Waals surface area contributed by atoms with Gasteiger partial charge in [0.25, 0.3) is 5.91 Å². The van der Waals surface area contributed by atoms with Gasteiger partial charge in [-0.1, -0.05) is 49.4 Å². The topological polar surface area (TPSA) is 59.9 Å². The minimum Gasteiger partial charge on any atom is -0.493 e. The maximum absolute atomic E-state index is 12.1. The zero-order valence-electron chi connectivity index (χ0n) is 16.1. The molecule has 0 bridgehead atoms. The maximum Gasteiger partial charge on any atom is 0.277 e. The first-order chi connectivity index (χ1) is 13.7. The molecule has 0 atom stereocenters. The summed E-state index contributed by atoms with van der Waals surface area (Å²) in [6, 6.07) is 19.6. The van der Waals surface area contributed by atoms with Gasteiger partial charge in [0.2, 0.25) is 0 Å². The van der Waals surface area contributed by atoms with Crippen molar-refractivity contribution in [3.05, 3.63) is 71.8 Å². The smallest absolute Gasteiger partial charge is 0.277 e. The van der Waals surface area contributed by atoms with Crippen LogP contribution in [0.2, 0.25) is 0 Å². The maximum atomic E-state index is 12.1. The van der Waals surface area contributed by atoms with Crippen LogP contribution in [-0.4, -0.2) is 25.3 Å². The Morgan fingerprint density at radius 3 is 2.71 bits per heavy atom. The largest absolute Gasteiger partial charge is 0.493 e. The van der Waals surface area contributed by atoms with Crippen molar-refractivity contribution in [2.75, 3.05) is 13.2 Å². The standard InChI is InChI=1S/C23H24N2O3/c1-3-17-8-7-10-19(14-17)28-16-23(26)25-24-15-21-20-11-6-5-9-18(20)12-13-22(21)27-4-2/h5-15H,3-4,16H2,1-2H3,(H,25,26)/b24-15-. The van der Waals surface area contributed by atoms with E-state index in [-0.39, 0.29) is 12.5 Å². The Bertz CT molecular complexity index is 982. The lowest BCUT2D eigenvalue weighted by atomic mass is 10.0. The molecule has 0 fully saturated rings. The molecule has 0 saturated carbocycles. The molecule has 28 heavy (non-hydrogen) atoms. The number of hydrogen-bond donors (Lipinski definition) is 1. The van der Waals surface area contributed by atoms with Crippen LogP contribution in [0.4, 0.5) is 0 Å². The number of carbonyl (C=O) groups is 1. The van der Waals surface area contributed by atoms with Crippen molar-refractivity contribution in [3.8, 4) is 11.5 Å². The SMILES string of the molecule is CCOc1ccc2ccccc2c1/C=N\NC(=O)COc1cccc(CC)c1. The van der Waals surface area contributed by atoms with Crippen LogP contribution in [0.1, 0.15) is 25.0 Å². The number of aryl methyl sites for hydroxylation is 1. The number of ether oxygens (including phenoxy) is 2. The van der Waals surface area contributed by atoms with E-state index in [0.29, 0.717) is 12.4 Å². The lowest BCUT2D eigenvalue weighted by Gasteiger charge is -2.10. The molecule has 5 heteroatoms. The molecule has 0 heterocycles. The average molecular weight is 376 g/mol. The van der Waals surface area contributed by atoms with Crippen LogP contribution in [0, 0.1) is 0 Å². The van der Waals surface area contributed by atoms with Crippen LogP contribution < -0.4 is 14.9 Å². The fourth-order valence-electron chi connectivity index (χ4n) is 2.90. The van der Waals surface area contributed by atoms with Crippen molar-refractivity contribution in [2.45, 2.75) is 20.3 Å². The van der Waals surface area contributed by atoms with Crippen LogP contribution in [0.3, 0.4) is 0 Å². The minimum atomic E-state index is -0.323. The highest BCUT2D eigenvalue weighted by Crippen LogP contribution is 2.26. The normalized spacial score (nSPS) is 10.9. The number of hydrogen-bond acceptors (Lipinski definition) is 4. The summed E-state index contributed by atoms with van der Waals surface area (Å²) in [6.45, 7) is 4.46. The first-order valence-corrected chi connectivity index (χ1v) is 9.39. The van der Waals surface area contributed by atoms with Gasteiger partial charge in [0.05, 0.1) is 12.8 Å². The second-order valence-corrected chi connectivity index (χ2v) is 6.21. The molecule has 0 radical (unpaired) electrons. The predicted octanol–water partition coefficient (Wildman–Crippen LogP) is 4.33. The number of nitrogens with one attached hydrogen (secondary N) is 1. The first-order valence-electron chi connectivity index (χ1n) is 9.39. The molecule has 5 nitrogen and oxygen atoms in total. The molecule has 3 aromatic rings. The van der Waals surface area contributed by atoms with Gasteiger partial charge in [0, 0.05) is 5.56 Å². The molecular weight excluding hydrogens is 352 g/mol. The molecule has 3 rings (SSSR count). The highest BCUT2D eigenvalue weighted by Gasteiger charge is 2.07. The van der Waals surface area contributed by atoms with Gasteiger partial charge >= 0.3 is 0 Å². The Kier molecular flexibility index (Phi) is 6.63. The van der Waals surface area contributed by atoms with E-state index >= 15 is 0 Å². The number of fused-ring (bicyclic) bond motifs is 1. The Morgan fingerprint density at radius 1 is 1.04 bits per heavy atom. The molecule has 0 spiro atoms. The van der Waals surface area contributed by atoms with Gasteiger partial charge in [-0.3, -0.25) is 4.79 Å². The third kappa shape index (κ3) is 4.88.